The maximum Gasteiger partial charge on any atom is 0.245 e. The molecule has 4 amide bonds. The Hall–Kier alpha value is -3.88. The van der Waals surface area contributed by atoms with Crippen LogP contribution in [0.2, 0.25) is 0 Å². The Balaban J connectivity index is 1.64. The van der Waals surface area contributed by atoms with E-state index in [4.69, 9.17) is 10.5 Å². The molecule has 1 aliphatic heterocycles. The topological polar surface area (TPSA) is 122 Å². The first-order valence-corrected chi connectivity index (χ1v) is 12.6. The van der Waals surface area contributed by atoms with Crippen LogP contribution < -0.4 is 15.8 Å². The van der Waals surface area contributed by atoms with E-state index in [1.165, 1.54) is 6.92 Å². The van der Waals surface area contributed by atoms with Crippen molar-refractivity contribution in [2.24, 2.45) is 11.7 Å². The lowest BCUT2D eigenvalue weighted by Crippen LogP contribution is -2.56. The number of benzene rings is 2. The first-order chi connectivity index (χ1) is 17.7. The summed E-state index contributed by atoms with van der Waals surface area (Å²) >= 11 is 0. The molecule has 0 saturated carbocycles. The first kappa shape index (κ1) is 27.7. The van der Waals surface area contributed by atoms with Gasteiger partial charge in [0.15, 0.2) is 0 Å². The highest BCUT2D eigenvalue weighted by molar-refractivity contribution is 5.88. The average molecular weight is 509 g/mol. The third-order valence-electron chi connectivity index (χ3n) is 6.57. The van der Waals surface area contributed by atoms with Crippen LogP contribution in [-0.2, 0) is 32.2 Å². The smallest absolute Gasteiger partial charge is 0.245 e. The molecule has 0 aromatic heterocycles. The standard InChI is InChI=1S/C28H36N4O5/c1-20(27(29)35)8-13-26(34)30-25(28(36)32-16-14-31(15-17-32)21(2)33)18-22-9-11-24(12-10-22)37-19-23-6-4-3-5-7-23/h3-7,9-12,20,25H,8,13-19H2,1-2H3,(H2,29,35)(H,30,34). The quantitative estimate of drug-likeness (QED) is 0.480. The zero-order valence-electron chi connectivity index (χ0n) is 21.5. The van der Waals surface area contributed by atoms with Gasteiger partial charge in [0.05, 0.1) is 0 Å². The van der Waals surface area contributed by atoms with Crippen molar-refractivity contribution in [2.75, 3.05) is 26.2 Å². The highest BCUT2D eigenvalue weighted by Gasteiger charge is 2.29. The first-order valence-electron chi connectivity index (χ1n) is 12.6. The minimum atomic E-state index is -0.767. The summed E-state index contributed by atoms with van der Waals surface area (Å²) in [5, 5.41) is 2.86. The van der Waals surface area contributed by atoms with Crippen LogP contribution in [0.4, 0.5) is 0 Å². The molecule has 3 rings (SSSR count). The Bertz CT molecular complexity index is 1070. The molecule has 0 bridgehead atoms. The number of nitrogens with two attached hydrogens (primary N) is 1. The summed E-state index contributed by atoms with van der Waals surface area (Å²) in [5.41, 5.74) is 7.24. The lowest BCUT2D eigenvalue weighted by molar-refractivity contribution is -0.141. The summed E-state index contributed by atoms with van der Waals surface area (Å²) in [7, 11) is 0. The molecule has 1 saturated heterocycles. The summed E-state index contributed by atoms with van der Waals surface area (Å²) in [6, 6.07) is 16.6. The van der Waals surface area contributed by atoms with E-state index in [9.17, 15) is 19.2 Å². The van der Waals surface area contributed by atoms with E-state index in [1.807, 2.05) is 54.6 Å². The maximum atomic E-state index is 13.4. The predicted octanol–water partition coefficient (Wildman–Crippen LogP) is 1.89. The fraction of sp³-hybridized carbons (Fsp3) is 0.429. The number of nitrogens with zero attached hydrogens (tertiary/aromatic N) is 2. The van der Waals surface area contributed by atoms with Gasteiger partial charge in [-0.25, -0.2) is 0 Å². The van der Waals surface area contributed by atoms with Gasteiger partial charge in [0.2, 0.25) is 23.6 Å². The molecule has 2 atom stereocenters. The van der Waals surface area contributed by atoms with E-state index >= 15 is 0 Å². The van der Waals surface area contributed by atoms with Crippen molar-refractivity contribution in [3.05, 3.63) is 65.7 Å². The predicted molar refractivity (Wildman–Crippen MR) is 139 cm³/mol. The third kappa shape index (κ3) is 8.63. The van der Waals surface area contributed by atoms with Crippen LogP contribution in [0.15, 0.2) is 54.6 Å². The van der Waals surface area contributed by atoms with Crippen molar-refractivity contribution >= 4 is 23.6 Å². The van der Waals surface area contributed by atoms with Crippen LogP contribution in [0.3, 0.4) is 0 Å². The maximum absolute atomic E-state index is 13.4. The van der Waals surface area contributed by atoms with Crippen LogP contribution in [0.25, 0.3) is 0 Å². The SMILES string of the molecule is CC(=O)N1CCN(C(=O)C(Cc2ccc(OCc3ccccc3)cc2)NC(=O)CCC(C)C(N)=O)CC1. The second kappa shape index (κ2) is 13.4. The summed E-state index contributed by atoms with van der Waals surface area (Å²) in [6.45, 7) is 5.39. The van der Waals surface area contributed by atoms with Crippen LogP contribution in [0.1, 0.15) is 37.8 Å². The molecule has 2 unspecified atom stereocenters. The summed E-state index contributed by atoms with van der Waals surface area (Å²) in [6.07, 6.45) is 0.715. The van der Waals surface area contributed by atoms with Gasteiger partial charge in [-0.05, 0) is 29.7 Å². The molecule has 0 radical (unpaired) electrons. The van der Waals surface area contributed by atoms with Gasteiger partial charge in [0.1, 0.15) is 18.4 Å². The van der Waals surface area contributed by atoms with Gasteiger partial charge in [0.25, 0.3) is 0 Å². The average Bonchev–Trinajstić information content (AvgIpc) is 2.91. The Morgan fingerprint density at radius 1 is 0.919 bits per heavy atom. The van der Waals surface area contributed by atoms with Crippen molar-refractivity contribution in [2.45, 2.75) is 45.8 Å². The number of hydrogen-bond acceptors (Lipinski definition) is 5. The molecular formula is C28H36N4O5. The Labute approximate surface area is 217 Å². The molecule has 37 heavy (non-hydrogen) atoms. The number of carbonyl (C=O) groups is 4. The molecule has 1 aliphatic rings. The molecule has 2 aromatic carbocycles. The van der Waals surface area contributed by atoms with Gasteiger partial charge in [0, 0.05) is 51.9 Å². The van der Waals surface area contributed by atoms with Crippen molar-refractivity contribution in [3.8, 4) is 5.75 Å². The number of nitrogens with one attached hydrogen (secondary N) is 1. The molecule has 9 nitrogen and oxygen atoms in total. The van der Waals surface area contributed by atoms with Crippen LogP contribution in [0.5, 0.6) is 5.75 Å². The molecule has 0 spiro atoms. The molecule has 3 N–H and O–H groups in total. The highest BCUT2D eigenvalue weighted by Crippen LogP contribution is 2.17. The number of piperazine rings is 1. The van der Waals surface area contributed by atoms with Gasteiger partial charge in [-0.2, -0.15) is 0 Å². The van der Waals surface area contributed by atoms with Crippen molar-refractivity contribution in [1.29, 1.82) is 0 Å². The van der Waals surface area contributed by atoms with Gasteiger partial charge in [-0.3, -0.25) is 19.2 Å². The number of ether oxygens (including phenoxy) is 1. The van der Waals surface area contributed by atoms with E-state index < -0.39 is 17.9 Å². The zero-order chi connectivity index (χ0) is 26.8. The van der Waals surface area contributed by atoms with E-state index in [0.717, 1.165) is 11.1 Å². The van der Waals surface area contributed by atoms with Gasteiger partial charge >= 0.3 is 0 Å². The second-order valence-electron chi connectivity index (χ2n) is 9.42. The zero-order valence-corrected chi connectivity index (χ0v) is 21.5. The summed E-state index contributed by atoms with van der Waals surface area (Å²) in [5.74, 6) is -0.697. The summed E-state index contributed by atoms with van der Waals surface area (Å²) in [4.78, 5) is 52.4. The molecule has 198 valence electrons. The highest BCUT2D eigenvalue weighted by atomic mass is 16.5. The lowest BCUT2D eigenvalue weighted by atomic mass is 10.0. The van der Waals surface area contributed by atoms with Crippen LogP contribution >= 0.6 is 0 Å². The van der Waals surface area contributed by atoms with Gasteiger partial charge in [-0.15, -0.1) is 0 Å². The fourth-order valence-corrected chi connectivity index (χ4v) is 4.12. The molecule has 9 heteroatoms. The summed E-state index contributed by atoms with van der Waals surface area (Å²) < 4.78 is 5.85. The van der Waals surface area contributed by atoms with E-state index in [1.54, 1.807) is 16.7 Å². The molecule has 1 fully saturated rings. The lowest BCUT2D eigenvalue weighted by Gasteiger charge is -2.36. The minimum absolute atomic E-state index is 0.0184. The van der Waals surface area contributed by atoms with Crippen LogP contribution in [0, 0.1) is 5.92 Å². The number of rotatable bonds is 11. The van der Waals surface area contributed by atoms with Gasteiger partial charge in [-0.1, -0.05) is 49.4 Å². The van der Waals surface area contributed by atoms with Crippen molar-refractivity contribution in [3.63, 3.8) is 0 Å². The number of primary amides is 1. The van der Waals surface area contributed by atoms with E-state index in [-0.39, 0.29) is 24.1 Å². The van der Waals surface area contributed by atoms with E-state index in [2.05, 4.69) is 5.32 Å². The molecular weight excluding hydrogens is 472 g/mol. The van der Waals surface area contributed by atoms with Crippen molar-refractivity contribution < 1.29 is 23.9 Å². The van der Waals surface area contributed by atoms with Crippen LogP contribution in [-0.4, -0.2) is 65.6 Å². The Morgan fingerprint density at radius 2 is 1.54 bits per heavy atom. The third-order valence-corrected chi connectivity index (χ3v) is 6.57. The molecule has 1 heterocycles. The Morgan fingerprint density at radius 3 is 2.14 bits per heavy atom. The van der Waals surface area contributed by atoms with Gasteiger partial charge < -0.3 is 25.6 Å². The number of hydrogen-bond donors (Lipinski definition) is 2. The normalized spacial score (nSPS) is 15.0. The molecule has 0 aliphatic carbocycles. The number of carbonyl (C=O) groups excluding carboxylic acids is 4. The minimum Gasteiger partial charge on any atom is -0.489 e. The van der Waals surface area contributed by atoms with E-state index in [0.29, 0.717) is 51.4 Å². The molecule has 2 aromatic rings. The Kier molecular flexibility index (Phi) is 10.1. The largest absolute Gasteiger partial charge is 0.489 e. The monoisotopic (exact) mass is 508 g/mol. The fourth-order valence-electron chi connectivity index (χ4n) is 4.12. The van der Waals surface area contributed by atoms with Crippen molar-refractivity contribution in [1.82, 2.24) is 15.1 Å². The number of amides is 4. The second-order valence-corrected chi connectivity index (χ2v) is 9.42.